The van der Waals surface area contributed by atoms with Crippen LogP contribution >= 0.6 is 11.3 Å². The SMILES string of the molecule is N#CC(C#N)=C1c2ccccc2-c2c(C(=O)O)ccc(CCc3ccsc3)c21. The summed E-state index contributed by atoms with van der Waals surface area (Å²) >= 11 is 1.64. The van der Waals surface area contributed by atoms with E-state index in [1.807, 2.05) is 47.9 Å². The Hall–Kier alpha value is -3.67. The lowest BCUT2D eigenvalue weighted by Gasteiger charge is -2.13. The molecule has 0 amide bonds. The number of rotatable bonds is 4. The van der Waals surface area contributed by atoms with Gasteiger partial charge in [0.25, 0.3) is 0 Å². The molecule has 0 radical (unpaired) electrons. The predicted octanol–water partition coefficient (Wildman–Crippen LogP) is 5.06. The van der Waals surface area contributed by atoms with Crippen LogP contribution in [0.1, 0.15) is 32.6 Å². The number of nitrogens with zero attached hydrogens (tertiary/aromatic N) is 2. The molecule has 1 heterocycles. The van der Waals surface area contributed by atoms with Gasteiger partial charge in [-0.2, -0.15) is 21.9 Å². The molecule has 3 aromatic rings. The van der Waals surface area contributed by atoms with Gasteiger partial charge in [0.1, 0.15) is 17.7 Å². The molecule has 4 nitrogen and oxygen atoms in total. The van der Waals surface area contributed by atoms with Crippen LogP contribution in [0.25, 0.3) is 16.7 Å². The summed E-state index contributed by atoms with van der Waals surface area (Å²) in [6.45, 7) is 0. The normalized spacial score (nSPS) is 11.3. The highest BCUT2D eigenvalue weighted by Gasteiger charge is 2.32. The molecule has 1 aliphatic rings. The zero-order valence-electron chi connectivity index (χ0n) is 14.8. The zero-order valence-corrected chi connectivity index (χ0v) is 15.6. The van der Waals surface area contributed by atoms with Crippen LogP contribution in [0.15, 0.2) is 58.8 Å². The lowest BCUT2D eigenvalue weighted by Crippen LogP contribution is -2.04. The van der Waals surface area contributed by atoms with Crippen LogP contribution in [0, 0.1) is 22.7 Å². The third-order valence-electron chi connectivity index (χ3n) is 4.97. The lowest BCUT2D eigenvalue weighted by molar-refractivity contribution is 0.0697. The fourth-order valence-corrected chi connectivity index (χ4v) is 4.46. The van der Waals surface area contributed by atoms with Crippen molar-refractivity contribution in [2.24, 2.45) is 0 Å². The number of fused-ring (bicyclic) bond motifs is 3. The van der Waals surface area contributed by atoms with E-state index in [1.165, 1.54) is 5.56 Å². The number of aromatic carboxylic acids is 1. The number of benzene rings is 2. The Balaban J connectivity index is 2.00. The van der Waals surface area contributed by atoms with E-state index < -0.39 is 5.97 Å². The van der Waals surface area contributed by atoms with Crippen molar-refractivity contribution in [3.63, 3.8) is 0 Å². The van der Waals surface area contributed by atoms with Gasteiger partial charge >= 0.3 is 5.97 Å². The summed E-state index contributed by atoms with van der Waals surface area (Å²) < 4.78 is 0. The van der Waals surface area contributed by atoms with Gasteiger partial charge in [-0.3, -0.25) is 0 Å². The van der Waals surface area contributed by atoms with Crippen LogP contribution in [0.5, 0.6) is 0 Å². The van der Waals surface area contributed by atoms with Crippen LogP contribution in [0.4, 0.5) is 0 Å². The summed E-state index contributed by atoms with van der Waals surface area (Å²) in [5.74, 6) is -1.02. The third kappa shape index (κ3) is 2.79. The maximum Gasteiger partial charge on any atom is 0.336 e. The molecule has 2 aromatic carbocycles. The Morgan fingerprint density at radius 3 is 2.36 bits per heavy atom. The Morgan fingerprint density at radius 2 is 1.71 bits per heavy atom. The second kappa shape index (κ2) is 7.15. The van der Waals surface area contributed by atoms with Crippen molar-refractivity contribution in [1.29, 1.82) is 10.5 Å². The van der Waals surface area contributed by atoms with E-state index in [1.54, 1.807) is 17.4 Å². The largest absolute Gasteiger partial charge is 0.478 e. The van der Waals surface area contributed by atoms with Crippen molar-refractivity contribution in [2.45, 2.75) is 12.8 Å². The van der Waals surface area contributed by atoms with E-state index in [0.29, 0.717) is 23.1 Å². The van der Waals surface area contributed by atoms with Crippen molar-refractivity contribution < 1.29 is 9.90 Å². The molecule has 0 aliphatic heterocycles. The van der Waals surface area contributed by atoms with Crippen LogP contribution in [-0.4, -0.2) is 11.1 Å². The molecule has 1 aromatic heterocycles. The van der Waals surface area contributed by atoms with Gasteiger partial charge in [0.05, 0.1) is 5.56 Å². The van der Waals surface area contributed by atoms with E-state index in [9.17, 15) is 20.4 Å². The number of thiophene rings is 1. The smallest absolute Gasteiger partial charge is 0.336 e. The van der Waals surface area contributed by atoms with Gasteiger partial charge in [-0.25, -0.2) is 4.79 Å². The summed E-state index contributed by atoms with van der Waals surface area (Å²) in [6, 6.07) is 16.9. The molecule has 0 spiro atoms. The van der Waals surface area contributed by atoms with Crippen LogP contribution in [0.2, 0.25) is 0 Å². The van der Waals surface area contributed by atoms with E-state index in [0.717, 1.165) is 23.1 Å². The first-order chi connectivity index (χ1) is 13.7. The molecule has 0 saturated carbocycles. The molecule has 0 fully saturated rings. The molecule has 0 bridgehead atoms. The Bertz CT molecular complexity index is 1190. The number of hydrogen-bond donors (Lipinski definition) is 1. The van der Waals surface area contributed by atoms with Crippen molar-refractivity contribution in [1.82, 2.24) is 0 Å². The van der Waals surface area contributed by atoms with Gasteiger partial charge in [-0.15, -0.1) is 0 Å². The summed E-state index contributed by atoms with van der Waals surface area (Å²) in [5, 5.41) is 32.9. The minimum atomic E-state index is -1.02. The summed E-state index contributed by atoms with van der Waals surface area (Å²) in [6.07, 6.45) is 1.50. The number of allylic oxidation sites excluding steroid dienone is 1. The number of aryl methyl sites for hydroxylation is 2. The van der Waals surface area contributed by atoms with Gasteiger partial charge in [0, 0.05) is 11.1 Å². The maximum absolute atomic E-state index is 11.9. The molecule has 28 heavy (non-hydrogen) atoms. The second-order valence-electron chi connectivity index (χ2n) is 6.48. The highest BCUT2D eigenvalue weighted by Crippen LogP contribution is 2.48. The highest BCUT2D eigenvalue weighted by molar-refractivity contribution is 7.07. The van der Waals surface area contributed by atoms with E-state index in [4.69, 9.17) is 0 Å². The molecule has 5 heteroatoms. The number of nitriles is 2. The fraction of sp³-hybridized carbons (Fsp3) is 0.0870. The van der Waals surface area contributed by atoms with E-state index in [-0.39, 0.29) is 11.1 Å². The molecule has 134 valence electrons. The number of carboxylic acid groups (broad SMARTS) is 1. The predicted molar refractivity (Wildman–Crippen MR) is 108 cm³/mol. The van der Waals surface area contributed by atoms with Gasteiger partial charge in [0.15, 0.2) is 0 Å². The van der Waals surface area contributed by atoms with E-state index in [2.05, 4.69) is 11.4 Å². The van der Waals surface area contributed by atoms with Crippen molar-refractivity contribution in [2.75, 3.05) is 0 Å². The molecule has 0 unspecified atom stereocenters. The van der Waals surface area contributed by atoms with Gasteiger partial charge in [0.2, 0.25) is 0 Å². The monoisotopic (exact) mass is 382 g/mol. The minimum absolute atomic E-state index is 0.00511. The van der Waals surface area contributed by atoms with E-state index >= 15 is 0 Å². The minimum Gasteiger partial charge on any atom is -0.478 e. The molecule has 1 N–H and O–H groups in total. The van der Waals surface area contributed by atoms with Crippen molar-refractivity contribution in [3.8, 4) is 23.3 Å². The van der Waals surface area contributed by atoms with Gasteiger partial charge in [-0.1, -0.05) is 30.3 Å². The average Bonchev–Trinajstić information content (AvgIpc) is 3.34. The zero-order chi connectivity index (χ0) is 19.7. The highest BCUT2D eigenvalue weighted by atomic mass is 32.1. The molecule has 0 atom stereocenters. The molecule has 4 rings (SSSR count). The van der Waals surface area contributed by atoms with Crippen LogP contribution in [-0.2, 0) is 12.8 Å². The summed E-state index contributed by atoms with van der Waals surface area (Å²) in [7, 11) is 0. The number of carboxylic acids is 1. The maximum atomic E-state index is 11.9. The first kappa shape index (κ1) is 17.7. The lowest BCUT2D eigenvalue weighted by atomic mass is 9.90. The van der Waals surface area contributed by atoms with Gasteiger partial charge < -0.3 is 5.11 Å². The summed E-state index contributed by atoms with van der Waals surface area (Å²) in [4.78, 5) is 11.9. The Labute approximate surface area is 166 Å². The van der Waals surface area contributed by atoms with Crippen molar-refractivity contribution in [3.05, 3.63) is 86.6 Å². The first-order valence-electron chi connectivity index (χ1n) is 8.70. The first-order valence-corrected chi connectivity index (χ1v) is 9.64. The van der Waals surface area contributed by atoms with Crippen LogP contribution < -0.4 is 0 Å². The molecular formula is C23H14N2O2S. The topological polar surface area (TPSA) is 84.9 Å². The second-order valence-corrected chi connectivity index (χ2v) is 7.26. The summed E-state index contributed by atoms with van der Waals surface area (Å²) in [5.41, 5.74) is 5.68. The average molecular weight is 382 g/mol. The van der Waals surface area contributed by atoms with Gasteiger partial charge in [-0.05, 0) is 63.6 Å². The number of carbonyl (C=O) groups is 1. The van der Waals surface area contributed by atoms with Crippen LogP contribution in [0.3, 0.4) is 0 Å². The Morgan fingerprint density at radius 1 is 0.964 bits per heavy atom. The molecular weight excluding hydrogens is 368 g/mol. The van der Waals surface area contributed by atoms with Crippen molar-refractivity contribution >= 4 is 22.9 Å². The quantitative estimate of drug-likeness (QED) is 0.500. The standard InChI is InChI=1S/C23H14N2O2S/c24-11-16(12-25)20-17-3-1-2-4-18(17)22-19(23(26)27)8-7-15(21(20)22)6-5-14-9-10-28-13-14/h1-4,7-10,13H,5-6H2,(H,26,27). The molecule has 1 aliphatic carbocycles. The molecule has 0 saturated heterocycles. The fourth-order valence-electron chi connectivity index (χ4n) is 3.76. The Kier molecular flexibility index (Phi) is 4.53. The number of hydrogen-bond acceptors (Lipinski definition) is 4. The third-order valence-corrected chi connectivity index (χ3v) is 5.71.